The molecule has 1 N–H and O–H groups in total. The average molecular weight is 461 g/mol. The van der Waals surface area contributed by atoms with Crippen LogP contribution in [0.25, 0.3) is 0 Å². The van der Waals surface area contributed by atoms with Crippen LogP contribution in [0.1, 0.15) is 56.9 Å². The largest absolute Gasteiger partial charge is 0.507 e. The summed E-state index contributed by atoms with van der Waals surface area (Å²) in [5.41, 5.74) is 0.0277. The number of nitrogens with zero attached hydrogens (tertiary/aromatic N) is 1. The van der Waals surface area contributed by atoms with E-state index in [9.17, 15) is 27.1 Å². The molecule has 0 atom stereocenters. The van der Waals surface area contributed by atoms with Gasteiger partial charge in [-0.25, -0.2) is 26.9 Å². The van der Waals surface area contributed by atoms with Gasteiger partial charge in [0.05, 0.1) is 0 Å². The number of aliphatic imine (C=N–C) groups is 1. The van der Waals surface area contributed by atoms with E-state index in [1.807, 2.05) is 71.0 Å². The normalized spacial score (nSPS) is 12.5. The topological polar surface area (TPSA) is 32.6 Å². The van der Waals surface area contributed by atoms with Crippen LogP contribution in [0.5, 0.6) is 5.75 Å². The first-order chi connectivity index (χ1) is 15.3. The Balaban J connectivity index is 2.22. The summed E-state index contributed by atoms with van der Waals surface area (Å²) in [7, 11) is 0. The molecule has 0 saturated carbocycles. The zero-order valence-electron chi connectivity index (χ0n) is 18.9. The Morgan fingerprint density at radius 1 is 0.727 bits per heavy atom. The Hall–Kier alpha value is -3.22. The summed E-state index contributed by atoms with van der Waals surface area (Å²) in [6, 6.07) is 13.0. The summed E-state index contributed by atoms with van der Waals surface area (Å²) in [6.07, 6.45) is 0.910. The zero-order chi connectivity index (χ0) is 24.7. The van der Waals surface area contributed by atoms with Crippen LogP contribution >= 0.6 is 0 Å². The second kappa shape index (κ2) is 8.61. The fraction of sp³-hybridized carbons (Fsp3) is 0.269. The number of rotatable bonds is 4. The number of phenolic OH excluding ortho intramolecular Hbond substituents is 1. The minimum Gasteiger partial charge on any atom is -0.507 e. The van der Waals surface area contributed by atoms with Gasteiger partial charge < -0.3 is 5.11 Å². The van der Waals surface area contributed by atoms with Crippen LogP contribution in [0.3, 0.4) is 0 Å². The molecule has 3 aromatic carbocycles. The van der Waals surface area contributed by atoms with Crippen LogP contribution in [-0.2, 0) is 10.8 Å². The molecule has 0 radical (unpaired) electrons. The van der Waals surface area contributed by atoms with Crippen LogP contribution in [0.15, 0.2) is 47.5 Å². The van der Waals surface area contributed by atoms with Crippen molar-refractivity contribution in [2.45, 2.75) is 45.4 Å². The van der Waals surface area contributed by atoms with E-state index >= 15 is 0 Å². The van der Waals surface area contributed by atoms with E-state index in [0.717, 1.165) is 17.3 Å². The highest BCUT2D eigenvalue weighted by Crippen LogP contribution is 2.40. The highest BCUT2D eigenvalue weighted by molar-refractivity contribution is 5.87. The Labute approximate surface area is 189 Å². The number of hydrogen-bond donors (Lipinski definition) is 1. The second-order valence-corrected chi connectivity index (χ2v) is 9.38. The van der Waals surface area contributed by atoms with Gasteiger partial charge in [0.25, 0.3) is 0 Å². The SMILES string of the molecule is CC(C)(C)c1cc(C(C)(C)c2ccccc2)cc(C=Nc2c(F)c(F)c(F)c(F)c2F)c1O. The fourth-order valence-electron chi connectivity index (χ4n) is 3.55. The second-order valence-electron chi connectivity index (χ2n) is 9.38. The van der Waals surface area contributed by atoms with Crippen LogP contribution in [-0.4, -0.2) is 11.3 Å². The van der Waals surface area contributed by atoms with Gasteiger partial charge in [0, 0.05) is 22.8 Å². The molecule has 0 aliphatic carbocycles. The maximum absolute atomic E-state index is 14.1. The Kier molecular flexibility index (Phi) is 6.37. The van der Waals surface area contributed by atoms with Gasteiger partial charge in [-0.2, -0.15) is 0 Å². The first kappa shape index (κ1) is 24.4. The van der Waals surface area contributed by atoms with Gasteiger partial charge in [-0.15, -0.1) is 0 Å². The molecule has 7 heteroatoms. The van der Waals surface area contributed by atoms with Crippen molar-refractivity contribution in [1.29, 1.82) is 0 Å². The fourth-order valence-corrected chi connectivity index (χ4v) is 3.55. The van der Waals surface area contributed by atoms with Crippen molar-refractivity contribution in [1.82, 2.24) is 0 Å². The van der Waals surface area contributed by atoms with E-state index in [0.29, 0.717) is 5.56 Å². The molecule has 33 heavy (non-hydrogen) atoms. The molecule has 0 heterocycles. The standard InChI is InChI=1S/C26H24F5NO/c1-25(2,3)17-12-16(26(4,5)15-9-7-6-8-10-15)11-14(24(17)33)13-32-23-21(30)19(28)18(27)20(29)22(23)31/h6-13,33H,1-5H3. The summed E-state index contributed by atoms with van der Waals surface area (Å²) in [6.45, 7) is 9.60. The first-order valence-electron chi connectivity index (χ1n) is 10.3. The molecule has 174 valence electrons. The molecular formula is C26H24F5NO. The third kappa shape index (κ3) is 4.49. The predicted octanol–water partition coefficient (Wildman–Crippen LogP) is 7.46. The summed E-state index contributed by atoms with van der Waals surface area (Å²) >= 11 is 0. The summed E-state index contributed by atoms with van der Waals surface area (Å²) in [5.74, 6) is -10.7. The monoisotopic (exact) mass is 461 g/mol. The van der Waals surface area contributed by atoms with Gasteiger partial charge in [-0.3, -0.25) is 0 Å². The van der Waals surface area contributed by atoms with Crippen molar-refractivity contribution in [3.05, 3.63) is 93.8 Å². The Morgan fingerprint density at radius 2 is 1.24 bits per heavy atom. The number of phenols is 1. The molecule has 0 fully saturated rings. The molecule has 0 aliphatic rings. The minimum absolute atomic E-state index is 0.0883. The van der Waals surface area contributed by atoms with Gasteiger partial charge in [-0.1, -0.05) is 71.0 Å². The third-order valence-corrected chi connectivity index (χ3v) is 5.68. The Morgan fingerprint density at radius 3 is 1.76 bits per heavy atom. The number of hydrogen-bond acceptors (Lipinski definition) is 2. The molecule has 0 unspecified atom stereocenters. The van der Waals surface area contributed by atoms with Crippen LogP contribution < -0.4 is 0 Å². The van der Waals surface area contributed by atoms with Crippen molar-refractivity contribution in [3.8, 4) is 5.75 Å². The molecular weight excluding hydrogens is 437 g/mol. The van der Waals surface area contributed by atoms with E-state index in [4.69, 9.17) is 0 Å². The summed E-state index contributed by atoms with van der Waals surface area (Å²) in [4.78, 5) is 3.54. The molecule has 0 bridgehead atoms. The van der Waals surface area contributed by atoms with Crippen molar-refractivity contribution in [3.63, 3.8) is 0 Å². The summed E-state index contributed by atoms with van der Waals surface area (Å²) in [5, 5.41) is 10.9. The highest BCUT2D eigenvalue weighted by atomic mass is 19.2. The van der Waals surface area contributed by atoms with Crippen LogP contribution in [0.4, 0.5) is 27.6 Å². The first-order valence-corrected chi connectivity index (χ1v) is 10.3. The smallest absolute Gasteiger partial charge is 0.200 e. The molecule has 0 saturated heterocycles. The third-order valence-electron chi connectivity index (χ3n) is 5.68. The lowest BCUT2D eigenvalue weighted by atomic mass is 9.74. The predicted molar refractivity (Wildman–Crippen MR) is 119 cm³/mol. The minimum atomic E-state index is -2.26. The molecule has 0 amide bonds. The number of halogens is 5. The van der Waals surface area contributed by atoms with E-state index < -0.39 is 45.6 Å². The molecule has 0 aliphatic heterocycles. The Bertz CT molecular complexity index is 1200. The highest BCUT2D eigenvalue weighted by Gasteiger charge is 2.29. The van der Waals surface area contributed by atoms with Gasteiger partial charge in [0.15, 0.2) is 23.3 Å². The maximum atomic E-state index is 14.1. The quantitative estimate of drug-likeness (QED) is 0.186. The van der Waals surface area contributed by atoms with Crippen molar-refractivity contribution in [2.75, 3.05) is 0 Å². The number of aromatic hydroxyl groups is 1. The van der Waals surface area contributed by atoms with Gasteiger partial charge in [0.2, 0.25) is 5.82 Å². The molecule has 2 nitrogen and oxygen atoms in total. The molecule has 0 aromatic heterocycles. The van der Waals surface area contributed by atoms with E-state index in [1.165, 1.54) is 0 Å². The van der Waals surface area contributed by atoms with Crippen molar-refractivity contribution < 1.29 is 27.1 Å². The molecule has 3 aromatic rings. The molecule has 3 rings (SSSR count). The lowest BCUT2D eigenvalue weighted by Crippen LogP contribution is -2.21. The van der Waals surface area contributed by atoms with Crippen LogP contribution in [0.2, 0.25) is 0 Å². The number of benzene rings is 3. The van der Waals surface area contributed by atoms with Crippen molar-refractivity contribution >= 4 is 11.9 Å². The molecule has 0 spiro atoms. The van der Waals surface area contributed by atoms with Crippen molar-refractivity contribution in [2.24, 2.45) is 4.99 Å². The van der Waals surface area contributed by atoms with Gasteiger partial charge >= 0.3 is 0 Å². The van der Waals surface area contributed by atoms with E-state index in [-0.39, 0.29) is 11.3 Å². The van der Waals surface area contributed by atoms with Crippen LogP contribution in [0, 0.1) is 29.1 Å². The van der Waals surface area contributed by atoms with Gasteiger partial charge in [0.1, 0.15) is 11.4 Å². The maximum Gasteiger partial charge on any atom is 0.200 e. The average Bonchev–Trinajstić information content (AvgIpc) is 2.77. The zero-order valence-corrected chi connectivity index (χ0v) is 18.9. The van der Waals surface area contributed by atoms with E-state index in [1.54, 1.807) is 6.07 Å². The van der Waals surface area contributed by atoms with E-state index in [2.05, 4.69) is 4.99 Å². The van der Waals surface area contributed by atoms with Gasteiger partial charge in [-0.05, 0) is 22.6 Å². The summed E-state index contributed by atoms with van der Waals surface area (Å²) < 4.78 is 68.6. The lowest BCUT2D eigenvalue weighted by Gasteiger charge is -2.30. The lowest BCUT2D eigenvalue weighted by molar-refractivity contribution is 0.381.